The second-order valence-electron chi connectivity index (χ2n) is 5.68. The molecule has 0 heterocycles. The van der Waals surface area contributed by atoms with Crippen molar-refractivity contribution in [2.75, 3.05) is 11.9 Å². The van der Waals surface area contributed by atoms with Gasteiger partial charge in [0.25, 0.3) is 0 Å². The van der Waals surface area contributed by atoms with Gasteiger partial charge in [-0.15, -0.1) is 0 Å². The van der Waals surface area contributed by atoms with Crippen LogP contribution >= 0.6 is 0 Å². The second-order valence-corrected chi connectivity index (χ2v) is 5.68. The zero-order chi connectivity index (χ0) is 14.8. The van der Waals surface area contributed by atoms with Gasteiger partial charge in [0.05, 0.1) is 17.2 Å². The molecule has 4 nitrogen and oxygen atoms in total. The number of nitriles is 2. The Kier molecular flexibility index (Phi) is 3.97. The number of ether oxygens (including phenoxy) is 1. The van der Waals surface area contributed by atoms with Crippen molar-refractivity contribution in [3.05, 3.63) is 29.3 Å². The van der Waals surface area contributed by atoms with Gasteiger partial charge in [0.2, 0.25) is 0 Å². The zero-order valence-electron chi connectivity index (χ0n) is 12.1. The molecule has 1 saturated carbocycles. The molecule has 1 N–H and O–H groups in total. The van der Waals surface area contributed by atoms with E-state index in [1.807, 2.05) is 19.1 Å². The Morgan fingerprint density at radius 2 is 2.00 bits per heavy atom. The lowest BCUT2D eigenvalue weighted by atomic mass is 9.64. The minimum atomic E-state index is 0.0662. The number of nitrogens with zero attached hydrogens (tertiary/aromatic N) is 2. The van der Waals surface area contributed by atoms with Gasteiger partial charge in [-0.05, 0) is 31.5 Å². The fraction of sp³-hybridized carbons (Fsp3) is 0.500. The number of rotatable bonds is 4. The highest BCUT2D eigenvalue weighted by Gasteiger charge is 2.48. The number of hydrogen-bond donors (Lipinski definition) is 1. The van der Waals surface area contributed by atoms with Crippen LogP contribution in [0.15, 0.2) is 18.2 Å². The largest absolute Gasteiger partial charge is 0.382 e. The molecule has 0 saturated heterocycles. The van der Waals surface area contributed by atoms with Crippen molar-refractivity contribution in [3.8, 4) is 12.1 Å². The molecule has 0 spiro atoms. The molecule has 1 aliphatic carbocycles. The highest BCUT2D eigenvalue weighted by atomic mass is 16.5. The van der Waals surface area contributed by atoms with Crippen molar-refractivity contribution in [1.82, 2.24) is 0 Å². The van der Waals surface area contributed by atoms with Gasteiger partial charge in [-0.25, -0.2) is 0 Å². The summed E-state index contributed by atoms with van der Waals surface area (Å²) in [6, 6.07) is 9.68. The van der Waals surface area contributed by atoms with E-state index in [1.165, 1.54) is 0 Å². The Morgan fingerprint density at radius 3 is 2.55 bits per heavy atom. The van der Waals surface area contributed by atoms with Gasteiger partial charge in [-0.3, -0.25) is 0 Å². The molecular weight excluding hydrogens is 250 g/mol. The van der Waals surface area contributed by atoms with Crippen molar-refractivity contribution in [3.63, 3.8) is 0 Å². The predicted molar refractivity (Wildman–Crippen MR) is 77.1 cm³/mol. The van der Waals surface area contributed by atoms with E-state index < -0.39 is 0 Å². The van der Waals surface area contributed by atoms with Crippen LogP contribution in [0, 0.1) is 28.1 Å². The summed E-state index contributed by atoms with van der Waals surface area (Å²) in [5.74, 6) is 0. The Labute approximate surface area is 120 Å². The van der Waals surface area contributed by atoms with E-state index >= 15 is 0 Å². The normalized spacial score (nSPS) is 23.2. The van der Waals surface area contributed by atoms with E-state index in [0.717, 1.165) is 18.7 Å². The van der Waals surface area contributed by atoms with Crippen LogP contribution in [0.25, 0.3) is 0 Å². The van der Waals surface area contributed by atoms with Gasteiger partial charge in [0.1, 0.15) is 12.1 Å². The lowest BCUT2D eigenvalue weighted by Gasteiger charge is -2.52. The highest BCUT2D eigenvalue weighted by molar-refractivity contribution is 5.57. The van der Waals surface area contributed by atoms with E-state index in [9.17, 15) is 0 Å². The predicted octanol–water partition coefficient (Wildman–Crippen LogP) is 3.05. The summed E-state index contributed by atoms with van der Waals surface area (Å²) in [5.41, 5.74) is 1.78. The van der Waals surface area contributed by atoms with Crippen LogP contribution in [-0.4, -0.2) is 18.8 Å². The highest BCUT2D eigenvalue weighted by Crippen LogP contribution is 2.44. The second kappa shape index (κ2) is 5.53. The molecule has 104 valence electrons. The van der Waals surface area contributed by atoms with Crippen LogP contribution in [0.3, 0.4) is 0 Å². The van der Waals surface area contributed by atoms with Crippen molar-refractivity contribution in [2.24, 2.45) is 5.41 Å². The Hall–Kier alpha value is -2.04. The number of benzene rings is 1. The molecule has 0 radical (unpaired) electrons. The van der Waals surface area contributed by atoms with Crippen LogP contribution in [0.1, 0.15) is 38.3 Å². The van der Waals surface area contributed by atoms with E-state index in [1.54, 1.807) is 12.1 Å². The molecule has 1 aliphatic rings. The van der Waals surface area contributed by atoms with Crippen LogP contribution in [-0.2, 0) is 4.74 Å². The third-order valence-electron chi connectivity index (χ3n) is 4.15. The standard InChI is InChI=1S/C16H19N3O/c1-4-20-15-8-14(16(15,2)3)19-13-6-5-11(9-17)12(7-13)10-18/h5-7,14-15,19H,4,8H2,1-3H3. The lowest BCUT2D eigenvalue weighted by molar-refractivity contribution is -0.0975. The van der Waals surface area contributed by atoms with E-state index in [0.29, 0.717) is 17.2 Å². The summed E-state index contributed by atoms with van der Waals surface area (Å²) in [4.78, 5) is 0. The fourth-order valence-corrected chi connectivity index (χ4v) is 2.64. The molecule has 1 fully saturated rings. The fourth-order valence-electron chi connectivity index (χ4n) is 2.64. The molecular formula is C16H19N3O. The maximum atomic E-state index is 9.05. The van der Waals surface area contributed by atoms with Crippen LogP contribution < -0.4 is 5.32 Å². The van der Waals surface area contributed by atoms with Gasteiger partial charge in [-0.2, -0.15) is 10.5 Å². The summed E-state index contributed by atoms with van der Waals surface area (Å²) in [6.45, 7) is 7.11. The third kappa shape index (κ3) is 2.48. The number of nitrogens with one attached hydrogen (secondary N) is 1. The average molecular weight is 269 g/mol. The smallest absolute Gasteiger partial charge is 0.101 e. The van der Waals surface area contributed by atoms with Crippen molar-refractivity contribution >= 4 is 5.69 Å². The molecule has 0 bridgehead atoms. The summed E-state index contributed by atoms with van der Waals surface area (Å²) < 4.78 is 5.71. The van der Waals surface area contributed by atoms with E-state index in [-0.39, 0.29) is 11.5 Å². The Morgan fingerprint density at radius 1 is 1.30 bits per heavy atom. The van der Waals surface area contributed by atoms with Crippen molar-refractivity contribution in [2.45, 2.75) is 39.3 Å². The molecule has 0 amide bonds. The molecule has 0 aromatic heterocycles. The van der Waals surface area contributed by atoms with Gasteiger partial charge < -0.3 is 10.1 Å². The van der Waals surface area contributed by atoms with Crippen LogP contribution in [0.2, 0.25) is 0 Å². The third-order valence-corrected chi connectivity index (χ3v) is 4.15. The number of anilines is 1. The van der Waals surface area contributed by atoms with Crippen LogP contribution in [0.5, 0.6) is 0 Å². The lowest BCUT2D eigenvalue weighted by Crippen LogP contribution is -2.58. The molecule has 2 atom stereocenters. The van der Waals surface area contributed by atoms with Gasteiger partial charge in [-0.1, -0.05) is 13.8 Å². The number of hydrogen-bond acceptors (Lipinski definition) is 4. The van der Waals surface area contributed by atoms with E-state index in [4.69, 9.17) is 15.3 Å². The van der Waals surface area contributed by atoms with Gasteiger partial charge in [0.15, 0.2) is 0 Å². The van der Waals surface area contributed by atoms with E-state index in [2.05, 4.69) is 25.2 Å². The summed E-state index contributed by atoms with van der Waals surface area (Å²) in [5, 5.41) is 21.4. The molecule has 2 rings (SSSR count). The molecule has 20 heavy (non-hydrogen) atoms. The summed E-state index contributed by atoms with van der Waals surface area (Å²) >= 11 is 0. The maximum absolute atomic E-state index is 9.05. The molecule has 2 unspecified atom stereocenters. The maximum Gasteiger partial charge on any atom is 0.101 e. The van der Waals surface area contributed by atoms with Gasteiger partial charge >= 0.3 is 0 Å². The van der Waals surface area contributed by atoms with Crippen LogP contribution in [0.4, 0.5) is 5.69 Å². The zero-order valence-corrected chi connectivity index (χ0v) is 12.1. The summed E-state index contributed by atoms with van der Waals surface area (Å²) in [7, 11) is 0. The first-order valence-corrected chi connectivity index (χ1v) is 6.85. The molecule has 1 aromatic rings. The quantitative estimate of drug-likeness (QED) is 0.912. The molecule has 4 heteroatoms. The van der Waals surface area contributed by atoms with Gasteiger partial charge in [0, 0.05) is 23.8 Å². The Bertz CT molecular complexity index is 580. The SMILES string of the molecule is CCOC1CC(Nc2ccc(C#N)c(C#N)c2)C1(C)C. The first-order chi connectivity index (χ1) is 9.52. The Balaban J connectivity index is 2.10. The van der Waals surface area contributed by atoms with Crippen molar-refractivity contribution in [1.29, 1.82) is 10.5 Å². The molecule has 0 aliphatic heterocycles. The first-order valence-electron chi connectivity index (χ1n) is 6.85. The monoisotopic (exact) mass is 269 g/mol. The molecule has 1 aromatic carbocycles. The minimum absolute atomic E-state index is 0.0662. The average Bonchev–Trinajstić information content (AvgIpc) is 2.46. The summed E-state index contributed by atoms with van der Waals surface area (Å²) in [6.07, 6.45) is 1.24. The first kappa shape index (κ1) is 14.4. The van der Waals surface area contributed by atoms with Crippen molar-refractivity contribution < 1.29 is 4.74 Å². The topological polar surface area (TPSA) is 68.8 Å². The minimum Gasteiger partial charge on any atom is -0.382 e.